The van der Waals surface area contributed by atoms with Crippen molar-refractivity contribution in [2.24, 2.45) is 5.73 Å². The lowest BCUT2D eigenvalue weighted by atomic mass is 9.83. The molecule has 0 fully saturated rings. The molecule has 3 rings (SSSR count). The molecule has 0 saturated carbocycles. The van der Waals surface area contributed by atoms with Crippen LogP contribution in [0.4, 0.5) is 0 Å². The number of esters is 1. The SMILES string of the molecule is CCOC(=O)C1=C(C)OC(N)=C(C#N)C1c1ccc(-c2noc(C)n2)cc1. The predicted molar refractivity (Wildman–Crippen MR) is 94.5 cm³/mol. The summed E-state index contributed by atoms with van der Waals surface area (Å²) in [5.41, 5.74) is 7.74. The average molecular weight is 366 g/mol. The Bertz CT molecular complexity index is 980. The average Bonchev–Trinajstić information content (AvgIpc) is 3.08. The molecule has 0 bridgehead atoms. The van der Waals surface area contributed by atoms with Crippen molar-refractivity contribution >= 4 is 5.97 Å². The fourth-order valence-electron chi connectivity index (χ4n) is 2.93. The van der Waals surface area contributed by atoms with E-state index in [4.69, 9.17) is 19.7 Å². The molecule has 2 aromatic rings. The van der Waals surface area contributed by atoms with Gasteiger partial charge in [0.15, 0.2) is 0 Å². The predicted octanol–water partition coefficient (Wildman–Crippen LogP) is 2.69. The number of hydrogen-bond acceptors (Lipinski definition) is 8. The van der Waals surface area contributed by atoms with Gasteiger partial charge < -0.3 is 19.7 Å². The Labute approximate surface area is 155 Å². The monoisotopic (exact) mass is 366 g/mol. The quantitative estimate of drug-likeness (QED) is 0.819. The van der Waals surface area contributed by atoms with E-state index < -0.39 is 11.9 Å². The van der Waals surface area contributed by atoms with Gasteiger partial charge in [-0.2, -0.15) is 10.2 Å². The lowest BCUT2D eigenvalue weighted by Crippen LogP contribution is -2.25. The topological polar surface area (TPSA) is 124 Å². The van der Waals surface area contributed by atoms with Gasteiger partial charge in [-0.25, -0.2) is 4.79 Å². The first-order chi connectivity index (χ1) is 13.0. The molecule has 0 saturated heterocycles. The van der Waals surface area contributed by atoms with E-state index in [1.807, 2.05) is 6.07 Å². The number of rotatable bonds is 4. The van der Waals surface area contributed by atoms with Crippen molar-refractivity contribution in [3.8, 4) is 17.5 Å². The van der Waals surface area contributed by atoms with E-state index in [1.165, 1.54) is 0 Å². The second-order valence-corrected chi connectivity index (χ2v) is 5.87. The number of nitrogens with zero attached hydrogens (tertiary/aromatic N) is 3. The zero-order valence-electron chi connectivity index (χ0n) is 15.1. The summed E-state index contributed by atoms with van der Waals surface area (Å²) in [7, 11) is 0. The first-order valence-electron chi connectivity index (χ1n) is 8.32. The molecule has 1 aliphatic heterocycles. The zero-order valence-corrected chi connectivity index (χ0v) is 15.1. The summed E-state index contributed by atoms with van der Waals surface area (Å²) in [5.74, 6) is -0.0104. The highest BCUT2D eigenvalue weighted by atomic mass is 16.5. The summed E-state index contributed by atoms with van der Waals surface area (Å²) in [6.07, 6.45) is 0. The van der Waals surface area contributed by atoms with Crippen molar-refractivity contribution in [2.45, 2.75) is 26.7 Å². The maximum atomic E-state index is 12.5. The molecule has 1 unspecified atom stereocenters. The summed E-state index contributed by atoms with van der Waals surface area (Å²) in [5, 5.41) is 13.4. The third-order valence-corrected chi connectivity index (χ3v) is 4.13. The fraction of sp³-hybridized carbons (Fsp3) is 0.263. The molecule has 27 heavy (non-hydrogen) atoms. The van der Waals surface area contributed by atoms with Gasteiger partial charge in [-0.15, -0.1) is 0 Å². The highest BCUT2D eigenvalue weighted by Crippen LogP contribution is 2.39. The normalized spacial score (nSPS) is 16.7. The van der Waals surface area contributed by atoms with E-state index in [0.29, 0.717) is 23.0 Å². The number of nitriles is 1. The van der Waals surface area contributed by atoms with Crippen LogP contribution in [0.25, 0.3) is 11.4 Å². The molecule has 138 valence electrons. The van der Waals surface area contributed by atoms with E-state index in [0.717, 1.165) is 5.56 Å². The van der Waals surface area contributed by atoms with Gasteiger partial charge in [-0.05, 0) is 19.4 Å². The molecule has 0 spiro atoms. The van der Waals surface area contributed by atoms with Gasteiger partial charge in [0.1, 0.15) is 17.4 Å². The standard InChI is InChI=1S/C19H18N4O4/c1-4-25-19(24)15-10(2)26-17(21)14(9-20)16(15)12-5-7-13(8-6-12)18-22-11(3)27-23-18/h5-8,16H,4,21H2,1-3H3. The first kappa shape index (κ1) is 18.2. The van der Waals surface area contributed by atoms with E-state index in [9.17, 15) is 10.1 Å². The van der Waals surface area contributed by atoms with Crippen LogP contribution >= 0.6 is 0 Å². The molecule has 2 N–H and O–H groups in total. The van der Waals surface area contributed by atoms with Gasteiger partial charge >= 0.3 is 5.97 Å². The number of aromatic nitrogens is 2. The van der Waals surface area contributed by atoms with E-state index >= 15 is 0 Å². The van der Waals surface area contributed by atoms with Crippen LogP contribution in [-0.4, -0.2) is 22.7 Å². The molecule has 1 aromatic carbocycles. The van der Waals surface area contributed by atoms with Gasteiger partial charge in [0.25, 0.3) is 0 Å². The van der Waals surface area contributed by atoms with Crippen molar-refractivity contribution in [2.75, 3.05) is 6.61 Å². The highest BCUT2D eigenvalue weighted by molar-refractivity contribution is 5.92. The Kier molecular flexibility index (Phi) is 4.94. The highest BCUT2D eigenvalue weighted by Gasteiger charge is 2.36. The molecule has 2 heterocycles. The minimum atomic E-state index is -0.677. The van der Waals surface area contributed by atoms with Gasteiger partial charge in [-0.1, -0.05) is 29.4 Å². The lowest BCUT2D eigenvalue weighted by Gasteiger charge is -2.26. The first-order valence-corrected chi connectivity index (χ1v) is 8.32. The van der Waals surface area contributed by atoms with E-state index in [1.54, 1.807) is 45.0 Å². The molecule has 8 heteroatoms. The number of benzene rings is 1. The smallest absolute Gasteiger partial charge is 0.338 e. The fourth-order valence-corrected chi connectivity index (χ4v) is 2.93. The molecule has 0 amide bonds. The number of allylic oxidation sites excluding steroid dienone is 2. The van der Waals surface area contributed by atoms with Crippen LogP contribution in [-0.2, 0) is 14.3 Å². The van der Waals surface area contributed by atoms with Crippen molar-refractivity contribution in [1.82, 2.24) is 10.1 Å². The van der Waals surface area contributed by atoms with Crippen molar-refractivity contribution in [3.63, 3.8) is 0 Å². The second kappa shape index (κ2) is 7.33. The van der Waals surface area contributed by atoms with Crippen molar-refractivity contribution < 1.29 is 18.8 Å². The van der Waals surface area contributed by atoms with Crippen LogP contribution in [0, 0.1) is 18.3 Å². The molecule has 8 nitrogen and oxygen atoms in total. The summed E-state index contributed by atoms with van der Waals surface area (Å²) < 4.78 is 15.5. The number of hydrogen-bond donors (Lipinski definition) is 1. The summed E-state index contributed by atoms with van der Waals surface area (Å²) in [4.78, 5) is 16.7. The molecular weight excluding hydrogens is 348 g/mol. The van der Waals surface area contributed by atoms with Crippen LogP contribution < -0.4 is 5.73 Å². The zero-order chi connectivity index (χ0) is 19.6. The van der Waals surface area contributed by atoms with Crippen LogP contribution in [0.5, 0.6) is 0 Å². The van der Waals surface area contributed by atoms with Crippen molar-refractivity contribution in [3.05, 3.63) is 58.5 Å². The molecular formula is C19H18N4O4. The second-order valence-electron chi connectivity index (χ2n) is 5.87. The van der Waals surface area contributed by atoms with Crippen LogP contribution in [0.2, 0.25) is 0 Å². The third-order valence-electron chi connectivity index (χ3n) is 4.13. The number of ether oxygens (including phenoxy) is 2. The Balaban J connectivity index is 2.05. The largest absolute Gasteiger partial charge is 0.463 e. The van der Waals surface area contributed by atoms with Crippen LogP contribution in [0.15, 0.2) is 51.6 Å². The molecule has 1 atom stereocenters. The van der Waals surface area contributed by atoms with Crippen LogP contribution in [0.1, 0.15) is 31.2 Å². The number of carbonyl (C=O) groups is 1. The van der Waals surface area contributed by atoms with Gasteiger partial charge in [0.2, 0.25) is 17.6 Å². The lowest BCUT2D eigenvalue weighted by molar-refractivity contribution is -0.139. The molecule has 0 radical (unpaired) electrons. The minimum absolute atomic E-state index is 0.0223. The Hall–Kier alpha value is -3.60. The number of nitrogens with two attached hydrogens (primary N) is 1. The van der Waals surface area contributed by atoms with E-state index in [2.05, 4.69) is 10.1 Å². The van der Waals surface area contributed by atoms with Crippen LogP contribution in [0.3, 0.4) is 0 Å². The van der Waals surface area contributed by atoms with Gasteiger partial charge in [-0.3, -0.25) is 0 Å². The Morgan fingerprint density at radius 2 is 2.04 bits per heavy atom. The number of aryl methyl sites for hydroxylation is 1. The molecule has 1 aromatic heterocycles. The number of carbonyl (C=O) groups excluding carboxylic acids is 1. The molecule has 0 aliphatic carbocycles. The Morgan fingerprint density at radius 3 is 2.59 bits per heavy atom. The maximum Gasteiger partial charge on any atom is 0.338 e. The van der Waals surface area contributed by atoms with Gasteiger partial charge in [0.05, 0.1) is 18.1 Å². The van der Waals surface area contributed by atoms with Gasteiger partial charge in [0, 0.05) is 12.5 Å². The minimum Gasteiger partial charge on any atom is -0.463 e. The summed E-state index contributed by atoms with van der Waals surface area (Å²) >= 11 is 0. The maximum absolute atomic E-state index is 12.5. The Morgan fingerprint density at radius 1 is 1.33 bits per heavy atom. The van der Waals surface area contributed by atoms with Crippen molar-refractivity contribution in [1.29, 1.82) is 5.26 Å². The molecule has 1 aliphatic rings. The third kappa shape index (κ3) is 3.40. The summed E-state index contributed by atoms with van der Waals surface area (Å²) in [6, 6.07) is 9.20. The summed E-state index contributed by atoms with van der Waals surface area (Å²) in [6.45, 7) is 5.25. The van der Waals surface area contributed by atoms with E-state index in [-0.39, 0.29) is 23.6 Å².